The van der Waals surface area contributed by atoms with Crippen LogP contribution in [-0.2, 0) is 9.47 Å². The molecule has 0 amide bonds. The van der Waals surface area contributed by atoms with Crippen molar-refractivity contribution in [3.8, 4) is 0 Å². The fourth-order valence-electron chi connectivity index (χ4n) is 1.49. The average Bonchev–Trinajstić information content (AvgIpc) is 2.33. The number of nitrogens with one attached hydrogen (secondary N) is 1. The smallest absolute Gasteiger partial charge is 0.0700 e. The molecule has 1 rings (SSSR count). The first-order chi connectivity index (χ1) is 8.24. The standard InChI is InChI=1S/C13H20ClNO2/c1-11(12-4-3-5-13(14)10-12)15-6-7-17-9-8-16-2/h3-5,10-11,15H,6-9H2,1-2H3. The minimum Gasteiger partial charge on any atom is -0.382 e. The van der Waals surface area contributed by atoms with Gasteiger partial charge in [-0.3, -0.25) is 0 Å². The number of hydrogen-bond acceptors (Lipinski definition) is 3. The van der Waals surface area contributed by atoms with E-state index in [1.807, 2.05) is 18.2 Å². The van der Waals surface area contributed by atoms with Crippen LogP contribution in [0.1, 0.15) is 18.5 Å². The first-order valence-electron chi connectivity index (χ1n) is 5.79. The summed E-state index contributed by atoms with van der Waals surface area (Å²) in [6.45, 7) is 4.90. The Bertz CT molecular complexity index is 320. The third kappa shape index (κ3) is 6.03. The number of hydrogen-bond donors (Lipinski definition) is 1. The minimum atomic E-state index is 0.278. The van der Waals surface area contributed by atoms with Gasteiger partial charge in [0.05, 0.1) is 19.8 Å². The van der Waals surface area contributed by atoms with Gasteiger partial charge in [0.1, 0.15) is 0 Å². The summed E-state index contributed by atoms with van der Waals surface area (Å²) in [6.07, 6.45) is 0. The highest BCUT2D eigenvalue weighted by Crippen LogP contribution is 2.16. The van der Waals surface area contributed by atoms with Gasteiger partial charge in [0, 0.05) is 24.7 Å². The molecule has 1 aromatic carbocycles. The Morgan fingerprint density at radius 1 is 1.29 bits per heavy atom. The molecule has 0 saturated heterocycles. The summed E-state index contributed by atoms with van der Waals surface area (Å²) in [5.74, 6) is 0. The van der Waals surface area contributed by atoms with E-state index in [2.05, 4.69) is 18.3 Å². The Morgan fingerprint density at radius 2 is 2.12 bits per heavy atom. The molecule has 0 heterocycles. The summed E-state index contributed by atoms with van der Waals surface area (Å²) in [6, 6.07) is 8.16. The molecule has 1 N–H and O–H groups in total. The van der Waals surface area contributed by atoms with Crippen LogP contribution in [0.15, 0.2) is 24.3 Å². The molecule has 0 aliphatic rings. The van der Waals surface area contributed by atoms with Crippen LogP contribution < -0.4 is 5.32 Å². The molecule has 0 aromatic heterocycles. The predicted octanol–water partition coefficient (Wildman–Crippen LogP) is 2.65. The van der Waals surface area contributed by atoms with Crippen LogP contribution in [-0.4, -0.2) is 33.5 Å². The maximum atomic E-state index is 5.94. The SMILES string of the molecule is COCCOCCNC(C)c1cccc(Cl)c1. The lowest BCUT2D eigenvalue weighted by atomic mass is 10.1. The van der Waals surface area contributed by atoms with Crippen molar-refractivity contribution in [1.29, 1.82) is 0 Å². The van der Waals surface area contributed by atoms with E-state index < -0.39 is 0 Å². The quantitative estimate of drug-likeness (QED) is 0.727. The highest BCUT2D eigenvalue weighted by atomic mass is 35.5. The zero-order valence-corrected chi connectivity index (χ0v) is 11.2. The lowest BCUT2D eigenvalue weighted by Gasteiger charge is -2.14. The van der Waals surface area contributed by atoms with Crippen molar-refractivity contribution < 1.29 is 9.47 Å². The van der Waals surface area contributed by atoms with Crippen LogP contribution in [0.5, 0.6) is 0 Å². The molecule has 3 nitrogen and oxygen atoms in total. The van der Waals surface area contributed by atoms with E-state index in [1.54, 1.807) is 7.11 Å². The molecule has 0 saturated carbocycles. The number of ether oxygens (including phenoxy) is 2. The Morgan fingerprint density at radius 3 is 2.82 bits per heavy atom. The molecule has 0 aliphatic heterocycles. The Kier molecular flexibility index (Phi) is 7.21. The van der Waals surface area contributed by atoms with Gasteiger partial charge < -0.3 is 14.8 Å². The Balaban J connectivity index is 2.19. The summed E-state index contributed by atoms with van der Waals surface area (Å²) >= 11 is 5.94. The molecule has 4 heteroatoms. The average molecular weight is 258 g/mol. The Hall–Kier alpha value is -0.610. The van der Waals surface area contributed by atoms with Gasteiger partial charge in [-0.25, -0.2) is 0 Å². The molecule has 1 aromatic rings. The molecule has 0 fully saturated rings. The van der Waals surface area contributed by atoms with Crippen molar-refractivity contribution >= 4 is 11.6 Å². The molecule has 1 atom stereocenters. The molecular formula is C13H20ClNO2. The monoisotopic (exact) mass is 257 g/mol. The van der Waals surface area contributed by atoms with E-state index in [-0.39, 0.29) is 6.04 Å². The van der Waals surface area contributed by atoms with E-state index in [1.165, 1.54) is 5.56 Å². The largest absolute Gasteiger partial charge is 0.382 e. The summed E-state index contributed by atoms with van der Waals surface area (Å²) in [5.41, 5.74) is 1.19. The van der Waals surface area contributed by atoms with Crippen LogP contribution in [0.25, 0.3) is 0 Å². The summed E-state index contributed by atoms with van der Waals surface area (Å²) in [5, 5.41) is 4.15. The van der Waals surface area contributed by atoms with Crippen LogP contribution in [0, 0.1) is 0 Å². The molecule has 0 bridgehead atoms. The van der Waals surface area contributed by atoms with Crippen LogP contribution in [0.3, 0.4) is 0 Å². The minimum absolute atomic E-state index is 0.278. The number of benzene rings is 1. The topological polar surface area (TPSA) is 30.5 Å². The summed E-state index contributed by atoms with van der Waals surface area (Å²) < 4.78 is 10.3. The first-order valence-corrected chi connectivity index (χ1v) is 6.17. The van der Waals surface area contributed by atoms with Crippen LogP contribution >= 0.6 is 11.6 Å². The van der Waals surface area contributed by atoms with E-state index in [0.29, 0.717) is 19.8 Å². The molecule has 0 radical (unpaired) electrons. The molecular weight excluding hydrogens is 238 g/mol. The zero-order chi connectivity index (χ0) is 12.5. The third-order valence-electron chi connectivity index (χ3n) is 2.48. The van der Waals surface area contributed by atoms with Crippen molar-refractivity contribution in [3.63, 3.8) is 0 Å². The predicted molar refractivity (Wildman–Crippen MR) is 70.6 cm³/mol. The molecule has 1 unspecified atom stereocenters. The fraction of sp³-hybridized carbons (Fsp3) is 0.538. The van der Waals surface area contributed by atoms with Crippen molar-refractivity contribution in [2.75, 3.05) is 33.5 Å². The van der Waals surface area contributed by atoms with Crippen molar-refractivity contribution in [1.82, 2.24) is 5.32 Å². The van der Waals surface area contributed by atoms with Gasteiger partial charge in [-0.2, -0.15) is 0 Å². The van der Waals surface area contributed by atoms with Gasteiger partial charge in [-0.1, -0.05) is 23.7 Å². The lowest BCUT2D eigenvalue weighted by molar-refractivity contribution is 0.0712. The number of halogens is 1. The molecule has 0 aliphatic carbocycles. The van der Waals surface area contributed by atoms with Gasteiger partial charge in [0.2, 0.25) is 0 Å². The van der Waals surface area contributed by atoms with E-state index >= 15 is 0 Å². The van der Waals surface area contributed by atoms with Gasteiger partial charge in [0.25, 0.3) is 0 Å². The van der Waals surface area contributed by atoms with E-state index in [4.69, 9.17) is 21.1 Å². The van der Waals surface area contributed by atoms with Gasteiger partial charge in [0.15, 0.2) is 0 Å². The highest BCUT2D eigenvalue weighted by Gasteiger charge is 2.04. The first kappa shape index (κ1) is 14.5. The molecule has 96 valence electrons. The maximum Gasteiger partial charge on any atom is 0.0700 e. The molecule has 0 spiro atoms. The number of methoxy groups -OCH3 is 1. The summed E-state index contributed by atoms with van der Waals surface area (Å²) in [4.78, 5) is 0. The van der Waals surface area contributed by atoms with E-state index in [9.17, 15) is 0 Å². The zero-order valence-electron chi connectivity index (χ0n) is 10.4. The van der Waals surface area contributed by atoms with Gasteiger partial charge >= 0.3 is 0 Å². The van der Waals surface area contributed by atoms with Crippen molar-refractivity contribution in [2.24, 2.45) is 0 Å². The maximum absolute atomic E-state index is 5.94. The van der Waals surface area contributed by atoms with Crippen molar-refractivity contribution in [3.05, 3.63) is 34.9 Å². The normalized spacial score (nSPS) is 12.6. The lowest BCUT2D eigenvalue weighted by Crippen LogP contribution is -2.23. The fourth-order valence-corrected chi connectivity index (χ4v) is 1.68. The highest BCUT2D eigenvalue weighted by molar-refractivity contribution is 6.30. The van der Waals surface area contributed by atoms with E-state index in [0.717, 1.165) is 11.6 Å². The van der Waals surface area contributed by atoms with Crippen LogP contribution in [0.4, 0.5) is 0 Å². The second-order valence-corrected chi connectivity index (χ2v) is 4.27. The molecule has 17 heavy (non-hydrogen) atoms. The van der Waals surface area contributed by atoms with Gasteiger partial charge in [-0.15, -0.1) is 0 Å². The third-order valence-corrected chi connectivity index (χ3v) is 2.71. The van der Waals surface area contributed by atoms with Gasteiger partial charge in [-0.05, 0) is 24.6 Å². The second kappa shape index (κ2) is 8.48. The number of rotatable bonds is 8. The summed E-state index contributed by atoms with van der Waals surface area (Å²) in [7, 11) is 1.67. The van der Waals surface area contributed by atoms with Crippen LogP contribution in [0.2, 0.25) is 5.02 Å². The Labute approximate surface area is 108 Å². The second-order valence-electron chi connectivity index (χ2n) is 3.84. The van der Waals surface area contributed by atoms with Crippen molar-refractivity contribution in [2.45, 2.75) is 13.0 Å².